The third-order valence-electron chi connectivity index (χ3n) is 2.99. The van der Waals surface area contributed by atoms with Crippen molar-refractivity contribution in [1.29, 1.82) is 0 Å². The smallest absolute Gasteiger partial charge is 0.328 e. The molecule has 92 valence electrons. The van der Waals surface area contributed by atoms with E-state index in [1.165, 1.54) is 18.4 Å². The zero-order valence-electron chi connectivity index (χ0n) is 9.72. The largest absolute Gasteiger partial charge is 0.467 e. The number of thiophene rings is 1. The summed E-state index contributed by atoms with van der Waals surface area (Å²) in [6, 6.07) is 3.48. The first-order valence-electron chi connectivity index (χ1n) is 5.65. The first kappa shape index (κ1) is 12.1. The summed E-state index contributed by atoms with van der Waals surface area (Å²) in [5, 5.41) is 0.974. The van der Waals surface area contributed by atoms with E-state index >= 15 is 0 Å². The molecule has 5 heteroatoms. The average molecular weight is 253 g/mol. The second kappa shape index (κ2) is 5.31. The Morgan fingerprint density at radius 3 is 3.00 bits per heavy atom. The van der Waals surface area contributed by atoms with E-state index in [4.69, 9.17) is 4.74 Å². The number of piperidine rings is 1. The number of aldehydes is 1. The van der Waals surface area contributed by atoms with Crippen LogP contribution in [0.5, 0.6) is 0 Å². The van der Waals surface area contributed by atoms with Gasteiger partial charge in [0.25, 0.3) is 0 Å². The standard InChI is InChI=1S/C12H15NO3S/c1-16-12(15)10-4-2-3-7-13(10)11-6-5-9(8-14)17-11/h5-6,8,10H,2-4,7H2,1H3. The van der Waals surface area contributed by atoms with Gasteiger partial charge in [-0.3, -0.25) is 4.79 Å². The van der Waals surface area contributed by atoms with E-state index in [1.54, 1.807) is 6.07 Å². The Balaban J connectivity index is 2.20. The van der Waals surface area contributed by atoms with Gasteiger partial charge >= 0.3 is 5.97 Å². The first-order valence-corrected chi connectivity index (χ1v) is 6.47. The van der Waals surface area contributed by atoms with E-state index in [0.717, 1.165) is 37.1 Å². The molecule has 1 fully saturated rings. The van der Waals surface area contributed by atoms with Crippen LogP contribution in [0.1, 0.15) is 28.9 Å². The van der Waals surface area contributed by atoms with Gasteiger partial charge in [0.1, 0.15) is 6.04 Å². The van der Waals surface area contributed by atoms with Crippen LogP contribution in [0, 0.1) is 0 Å². The molecule has 1 aliphatic heterocycles. The van der Waals surface area contributed by atoms with Gasteiger partial charge in [0.15, 0.2) is 6.29 Å². The number of anilines is 1. The summed E-state index contributed by atoms with van der Waals surface area (Å²) in [7, 11) is 1.42. The van der Waals surface area contributed by atoms with Gasteiger partial charge in [-0.05, 0) is 31.4 Å². The molecule has 1 aromatic rings. The van der Waals surface area contributed by atoms with E-state index in [0.29, 0.717) is 4.88 Å². The summed E-state index contributed by atoms with van der Waals surface area (Å²) in [6.45, 7) is 0.846. The van der Waals surface area contributed by atoms with Crippen LogP contribution in [0.4, 0.5) is 5.00 Å². The number of esters is 1. The maximum absolute atomic E-state index is 11.7. The molecule has 1 atom stereocenters. The van der Waals surface area contributed by atoms with Crippen LogP contribution in [-0.4, -0.2) is 32.0 Å². The molecule has 0 aromatic carbocycles. The highest BCUT2D eigenvalue weighted by atomic mass is 32.1. The molecule has 0 amide bonds. The fourth-order valence-electron chi connectivity index (χ4n) is 2.14. The van der Waals surface area contributed by atoms with Crippen LogP contribution in [0.25, 0.3) is 0 Å². The quantitative estimate of drug-likeness (QED) is 0.611. The number of hydrogen-bond acceptors (Lipinski definition) is 5. The summed E-state index contributed by atoms with van der Waals surface area (Å²) in [5.41, 5.74) is 0. The molecule has 2 rings (SSSR count). The molecule has 0 radical (unpaired) electrons. The molecule has 0 spiro atoms. The molecule has 0 saturated carbocycles. The highest BCUT2D eigenvalue weighted by molar-refractivity contribution is 7.17. The van der Waals surface area contributed by atoms with E-state index in [2.05, 4.69) is 0 Å². The van der Waals surface area contributed by atoms with Crippen LogP contribution >= 0.6 is 11.3 Å². The monoisotopic (exact) mass is 253 g/mol. The molecule has 0 aliphatic carbocycles. The summed E-state index contributed by atoms with van der Waals surface area (Å²) >= 11 is 1.42. The fraction of sp³-hybridized carbons (Fsp3) is 0.500. The van der Waals surface area contributed by atoms with Crippen molar-refractivity contribution in [3.05, 3.63) is 17.0 Å². The molecule has 1 aromatic heterocycles. The highest BCUT2D eigenvalue weighted by Gasteiger charge is 2.30. The van der Waals surface area contributed by atoms with Crippen LogP contribution in [0.2, 0.25) is 0 Å². The van der Waals surface area contributed by atoms with Gasteiger partial charge in [0.2, 0.25) is 0 Å². The molecule has 17 heavy (non-hydrogen) atoms. The van der Waals surface area contributed by atoms with Gasteiger partial charge < -0.3 is 9.64 Å². The van der Waals surface area contributed by atoms with Crippen LogP contribution in [0.15, 0.2) is 12.1 Å². The number of rotatable bonds is 3. The zero-order chi connectivity index (χ0) is 12.3. The molecular weight excluding hydrogens is 238 g/mol. The first-order chi connectivity index (χ1) is 8.26. The Bertz CT molecular complexity index is 416. The second-order valence-corrected chi connectivity index (χ2v) is 5.12. The SMILES string of the molecule is COC(=O)C1CCCCN1c1ccc(C=O)s1. The van der Waals surface area contributed by atoms with E-state index in [-0.39, 0.29) is 12.0 Å². The third kappa shape index (κ3) is 2.49. The van der Waals surface area contributed by atoms with Crippen molar-refractivity contribution in [2.45, 2.75) is 25.3 Å². The molecule has 1 unspecified atom stereocenters. The highest BCUT2D eigenvalue weighted by Crippen LogP contribution is 2.31. The molecule has 4 nitrogen and oxygen atoms in total. The Morgan fingerprint density at radius 1 is 1.53 bits per heavy atom. The molecule has 1 aliphatic rings. The van der Waals surface area contributed by atoms with Gasteiger partial charge in [0, 0.05) is 6.54 Å². The summed E-state index contributed by atoms with van der Waals surface area (Å²) in [5.74, 6) is -0.189. The molecule has 0 N–H and O–H groups in total. The van der Waals surface area contributed by atoms with Crippen LogP contribution < -0.4 is 4.90 Å². The number of hydrogen-bond donors (Lipinski definition) is 0. The second-order valence-electron chi connectivity index (χ2n) is 4.02. The van der Waals surface area contributed by atoms with Crippen molar-refractivity contribution < 1.29 is 14.3 Å². The maximum atomic E-state index is 11.7. The summed E-state index contributed by atoms with van der Waals surface area (Å²) < 4.78 is 4.83. The zero-order valence-corrected chi connectivity index (χ0v) is 10.5. The van der Waals surface area contributed by atoms with Crippen molar-refractivity contribution in [2.24, 2.45) is 0 Å². The number of carbonyl (C=O) groups excluding carboxylic acids is 2. The van der Waals surface area contributed by atoms with E-state index in [1.807, 2.05) is 11.0 Å². The normalized spacial score (nSPS) is 20.1. The lowest BCUT2D eigenvalue weighted by atomic mass is 10.0. The minimum atomic E-state index is -0.202. The minimum absolute atomic E-state index is 0.189. The maximum Gasteiger partial charge on any atom is 0.328 e. The third-order valence-corrected chi connectivity index (χ3v) is 4.04. The number of nitrogens with zero attached hydrogens (tertiary/aromatic N) is 1. The van der Waals surface area contributed by atoms with Gasteiger partial charge in [0.05, 0.1) is 17.0 Å². The lowest BCUT2D eigenvalue weighted by Gasteiger charge is -2.34. The summed E-state index contributed by atoms with van der Waals surface area (Å²) in [4.78, 5) is 25.1. The van der Waals surface area contributed by atoms with Crippen molar-refractivity contribution >= 4 is 28.6 Å². The fourth-order valence-corrected chi connectivity index (χ4v) is 3.03. The minimum Gasteiger partial charge on any atom is -0.467 e. The van der Waals surface area contributed by atoms with Crippen LogP contribution in [-0.2, 0) is 9.53 Å². The molecular formula is C12H15NO3S. The predicted octanol–water partition coefficient (Wildman–Crippen LogP) is 2.09. The number of carbonyl (C=O) groups is 2. The lowest BCUT2D eigenvalue weighted by Crippen LogP contribution is -2.45. The van der Waals surface area contributed by atoms with E-state index < -0.39 is 0 Å². The van der Waals surface area contributed by atoms with Crippen molar-refractivity contribution in [2.75, 3.05) is 18.6 Å². The summed E-state index contributed by atoms with van der Waals surface area (Å²) in [6.07, 6.45) is 3.77. The molecule has 0 bridgehead atoms. The van der Waals surface area contributed by atoms with Gasteiger partial charge in [-0.25, -0.2) is 4.79 Å². The Kier molecular flexibility index (Phi) is 3.78. The Hall–Kier alpha value is -1.36. The lowest BCUT2D eigenvalue weighted by molar-refractivity contribution is -0.142. The van der Waals surface area contributed by atoms with Gasteiger partial charge in [-0.2, -0.15) is 0 Å². The van der Waals surface area contributed by atoms with Crippen molar-refractivity contribution in [3.63, 3.8) is 0 Å². The number of ether oxygens (including phenoxy) is 1. The Labute approximate surface area is 104 Å². The molecule has 2 heterocycles. The Morgan fingerprint density at radius 2 is 2.35 bits per heavy atom. The van der Waals surface area contributed by atoms with Gasteiger partial charge in [-0.1, -0.05) is 0 Å². The van der Waals surface area contributed by atoms with Crippen LogP contribution in [0.3, 0.4) is 0 Å². The number of methoxy groups -OCH3 is 1. The van der Waals surface area contributed by atoms with E-state index in [9.17, 15) is 9.59 Å². The van der Waals surface area contributed by atoms with Gasteiger partial charge in [-0.15, -0.1) is 11.3 Å². The van der Waals surface area contributed by atoms with Crippen molar-refractivity contribution in [3.8, 4) is 0 Å². The molecule has 1 saturated heterocycles. The average Bonchev–Trinajstić information content (AvgIpc) is 2.86. The predicted molar refractivity (Wildman–Crippen MR) is 66.7 cm³/mol. The topological polar surface area (TPSA) is 46.6 Å². The van der Waals surface area contributed by atoms with Crippen molar-refractivity contribution in [1.82, 2.24) is 0 Å².